The number of nitrogens with one attached hydrogen (secondary N) is 2. The summed E-state index contributed by atoms with van der Waals surface area (Å²) in [6, 6.07) is 12.7. The number of carbonyl (C=O) groups is 1. The Morgan fingerprint density at radius 3 is 2.28 bits per heavy atom. The van der Waals surface area contributed by atoms with E-state index in [4.69, 9.17) is 14.2 Å². The number of benzene rings is 2. The van der Waals surface area contributed by atoms with Crippen molar-refractivity contribution in [2.45, 2.75) is 4.21 Å². The number of ether oxygens (including phenoxy) is 3. The van der Waals surface area contributed by atoms with Gasteiger partial charge in [0, 0.05) is 12.1 Å². The van der Waals surface area contributed by atoms with Crippen LogP contribution in [0.1, 0.15) is 15.9 Å². The number of amides is 1. The third-order valence-electron chi connectivity index (χ3n) is 4.29. The molecule has 0 atom stereocenters. The fourth-order valence-electron chi connectivity index (χ4n) is 2.76. The molecule has 0 radical (unpaired) electrons. The average molecular weight is 476 g/mol. The number of hydrogen-bond donors (Lipinski definition) is 2. The predicted molar refractivity (Wildman–Crippen MR) is 123 cm³/mol. The van der Waals surface area contributed by atoms with Gasteiger partial charge in [-0.3, -0.25) is 9.52 Å². The second-order valence-electron chi connectivity index (χ2n) is 6.23. The average Bonchev–Trinajstić information content (AvgIpc) is 3.35. The maximum Gasteiger partial charge on any atom is 0.273 e. The fourth-order valence-corrected chi connectivity index (χ4v) is 4.83. The van der Waals surface area contributed by atoms with Crippen molar-refractivity contribution < 1.29 is 27.4 Å². The van der Waals surface area contributed by atoms with Crippen LogP contribution in [0.5, 0.6) is 17.2 Å². The molecule has 0 aliphatic heterocycles. The van der Waals surface area contributed by atoms with E-state index in [0.717, 1.165) is 11.3 Å². The van der Waals surface area contributed by atoms with Crippen molar-refractivity contribution in [1.29, 1.82) is 0 Å². The number of thiophene rings is 1. The molecule has 3 rings (SSSR count). The smallest absolute Gasteiger partial charge is 0.273 e. The summed E-state index contributed by atoms with van der Waals surface area (Å²) in [5, 5.41) is 5.63. The molecule has 9 nitrogen and oxygen atoms in total. The van der Waals surface area contributed by atoms with Gasteiger partial charge in [-0.1, -0.05) is 18.2 Å². The van der Waals surface area contributed by atoms with Gasteiger partial charge in [0.1, 0.15) is 21.5 Å². The molecule has 0 fully saturated rings. The molecule has 0 aliphatic carbocycles. The molecule has 0 saturated carbocycles. The van der Waals surface area contributed by atoms with Crippen molar-refractivity contribution in [2.75, 3.05) is 26.1 Å². The summed E-state index contributed by atoms with van der Waals surface area (Å²) in [6.07, 6.45) is 1.37. The third kappa shape index (κ3) is 5.18. The van der Waals surface area contributed by atoms with Crippen LogP contribution in [0.25, 0.3) is 0 Å². The van der Waals surface area contributed by atoms with E-state index in [1.807, 2.05) is 0 Å². The molecule has 1 amide bonds. The maximum atomic E-state index is 12.7. The summed E-state index contributed by atoms with van der Waals surface area (Å²) in [4.78, 5) is 12.7. The van der Waals surface area contributed by atoms with E-state index in [0.29, 0.717) is 22.8 Å². The van der Waals surface area contributed by atoms with Crippen LogP contribution in [-0.2, 0) is 10.0 Å². The first-order valence-electron chi connectivity index (χ1n) is 9.18. The number of anilines is 1. The summed E-state index contributed by atoms with van der Waals surface area (Å²) in [5.74, 6) is 0.802. The van der Waals surface area contributed by atoms with E-state index in [1.54, 1.807) is 35.7 Å². The Morgan fingerprint density at radius 1 is 1.00 bits per heavy atom. The molecule has 2 aromatic carbocycles. The maximum absolute atomic E-state index is 12.7. The van der Waals surface area contributed by atoms with Crippen LogP contribution in [0.15, 0.2) is 63.2 Å². The zero-order valence-electron chi connectivity index (χ0n) is 17.5. The molecule has 32 heavy (non-hydrogen) atoms. The standard InChI is InChI=1S/C21H21N3O6S2/c1-28-14-11-18(29-2)16(19(12-14)30-3)13-22-23-21(25)15-7-4-5-8-17(15)24-32(26,27)20-9-6-10-31-20/h4-13,24H,1-3H3,(H,23,25). The Labute approximate surface area is 189 Å². The van der Waals surface area contributed by atoms with E-state index in [1.165, 1.54) is 45.7 Å². The number of para-hydroxylation sites is 1. The number of methoxy groups -OCH3 is 3. The minimum Gasteiger partial charge on any atom is -0.496 e. The Hall–Kier alpha value is -3.57. The van der Waals surface area contributed by atoms with Crippen LogP contribution < -0.4 is 24.4 Å². The summed E-state index contributed by atoms with van der Waals surface area (Å²) in [7, 11) is 0.684. The van der Waals surface area contributed by atoms with Crippen molar-refractivity contribution in [3.8, 4) is 17.2 Å². The van der Waals surface area contributed by atoms with Crippen LogP contribution in [0.4, 0.5) is 5.69 Å². The van der Waals surface area contributed by atoms with Gasteiger partial charge in [0.25, 0.3) is 15.9 Å². The van der Waals surface area contributed by atoms with Gasteiger partial charge in [-0.2, -0.15) is 5.10 Å². The van der Waals surface area contributed by atoms with Gasteiger partial charge in [-0.25, -0.2) is 13.8 Å². The Balaban J connectivity index is 1.82. The van der Waals surface area contributed by atoms with Gasteiger partial charge in [0.15, 0.2) is 0 Å². The number of hydrazone groups is 1. The highest BCUT2D eigenvalue weighted by atomic mass is 32.2. The lowest BCUT2D eigenvalue weighted by atomic mass is 10.1. The van der Waals surface area contributed by atoms with Crippen LogP contribution in [0.2, 0.25) is 0 Å². The molecule has 1 aromatic heterocycles. The minimum absolute atomic E-state index is 0.110. The Morgan fingerprint density at radius 2 is 1.69 bits per heavy atom. The van der Waals surface area contributed by atoms with Crippen LogP contribution in [0, 0.1) is 0 Å². The number of rotatable bonds is 9. The quantitative estimate of drug-likeness (QED) is 0.362. The molecule has 2 N–H and O–H groups in total. The molecule has 168 valence electrons. The molecular weight excluding hydrogens is 454 g/mol. The second kappa shape index (κ2) is 10.2. The first kappa shape index (κ1) is 23.1. The highest BCUT2D eigenvalue weighted by molar-refractivity contribution is 7.94. The van der Waals surface area contributed by atoms with Gasteiger partial charge in [0.05, 0.1) is 44.4 Å². The Kier molecular flexibility index (Phi) is 7.33. The van der Waals surface area contributed by atoms with E-state index in [-0.39, 0.29) is 15.5 Å². The van der Waals surface area contributed by atoms with E-state index in [2.05, 4.69) is 15.2 Å². The Bertz CT molecular complexity index is 1200. The highest BCUT2D eigenvalue weighted by Crippen LogP contribution is 2.32. The normalized spacial score (nSPS) is 11.2. The van der Waals surface area contributed by atoms with Gasteiger partial charge in [0.2, 0.25) is 0 Å². The van der Waals surface area contributed by atoms with Gasteiger partial charge >= 0.3 is 0 Å². The second-order valence-corrected chi connectivity index (χ2v) is 9.08. The summed E-state index contributed by atoms with van der Waals surface area (Å²) in [6.45, 7) is 0. The largest absolute Gasteiger partial charge is 0.496 e. The predicted octanol–water partition coefficient (Wildman–Crippen LogP) is 3.34. The molecule has 0 spiro atoms. The molecule has 11 heteroatoms. The van der Waals surface area contributed by atoms with Crippen molar-refractivity contribution in [3.05, 3.63) is 65.0 Å². The van der Waals surface area contributed by atoms with Gasteiger partial charge in [-0.15, -0.1) is 11.3 Å². The van der Waals surface area contributed by atoms with Crippen molar-refractivity contribution in [2.24, 2.45) is 5.10 Å². The lowest BCUT2D eigenvalue weighted by molar-refractivity contribution is 0.0956. The van der Waals surface area contributed by atoms with E-state index in [9.17, 15) is 13.2 Å². The van der Waals surface area contributed by atoms with Gasteiger partial charge < -0.3 is 14.2 Å². The van der Waals surface area contributed by atoms with Crippen molar-refractivity contribution in [1.82, 2.24) is 5.43 Å². The van der Waals surface area contributed by atoms with Crippen molar-refractivity contribution in [3.63, 3.8) is 0 Å². The van der Waals surface area contributed by atoms with E-state index < -0.39 is 15.9 Å². The number of sulfonamides is 1. The van der Waals surface area contributed by atoms with Crippen LogP contribution in [0.3, 0.4) is 0 Å². The van der Waals surface area contributed by atoms with Crippen LogP contribution >= 0.6 is 11.3 Å². The number of hydrogen-bond acceptors (Lipinski definition) is 8. The van der Waals surface area contributed by atoms with E-state index >= 15 is 0 Å². The summed E-state index contributed by atoms with van der Waals surface area (Å²) < 4.78 is 43.5. The lowest BCUT2D eigenvalue weighted by Gasteiger charge is -2.12. The first-order valence-corrected chi connectivity index (χ1v) is 11.5. The summed E-state index contributed by atoms with van der Waals surface area (Å²) >= 11 is 1.08. The van der Waals surface area contributed by atoms with Crippen molar-refractivity contribution >= 4 is 39.2 Å². The molecular formula is C21H21N3O6S2. The highest BCUT2D eigenvalue weighted by Gasteiger charge is 2.19. The summed E-state index contributed by atoms with van der Waals surface area (Å²) in [5.41, 5.74) is 3.13. The SMILES string of the molecule is COc1cc(OC)c(C=NNC(=O)c2ccccc2NS(=O)(=O)c2cccs2)c(OC)c1. The molecule has 0 bridgehead atoms. The molecule has 0 saturated heterocycles. The molecule has 0 unspecified atom stereocenters. The zero-order valence-corrected chi connectivity index (χ0v) is 19.1. The zero-order chi connectivity index (χ0) is 23.1. The fraction of sp³-hybridized carbons (Fsp3) is 0.143. The third-order valence-corrected chi connectivity index (χ3v) is 7.05. The topological polar surface area (TPSA) is 115 Å². The van der Waals surface area contributed by atoms with Crippen LogP contribution in [-0.4, -0.2) is 41.9 Å². The minimum atomic E-state index is -3.81. The first-order chi connectivity index (χ1) is 15.4. The monoisotopic (exact) mass is 475 g/mol. The number of nitrogens with zero attached hydrogens (tertiary/aromatic N) is 1. The number of carbonyl (C=O) groups excluding carboxylic acids is 1. The lowest BCUT2D eigenvalue weighted by Crippen LogP contribution is -2.21. The van der Waals surface area contributed by atoms with Gasteiger partial charge in [-0.05, 0) is 23.6 Å². The molecule has 3 aromatic rings. The molecule has 0 aliphatic rings. The molecule has 1 heterocycles.